The third-order valence-corrected chi connectivity index (χ3v) is 5.55. The third-order valence-electron chi connectivity index (χ3n) is 5.55. The molecule has 0 amide bonds. The van der Waals surface area contributed by atoms with Gasteiger partial charge in [-0.1, -0.05) is 0 Å². The maximum atomic E-state index is 11.9. The summed E-state index contributed by atoms with van der Waals surface area (Å²) in [6, 6.07) is 3.66. The summed E-state index contributed by atoms with van der Waals surface area (Å²) in [6.07, 6.45) is -16.2. The van der Waals surface area contributed by atoms with Gasteiger partial charge in [-0.2, -0.15) is 0 Å². The van der Waals surface area contributed by atoms with E-state index in [-0.39, 0.29) is 17.1 Å². The molecule has 0 aromatic heterocycles. The van der Waals surface area contributed by atoms with Crippen molar-refractivity contribution in [2.24, 2.45) is 0 Å². The fourth-order valence-corrected chi connectivity index (χ4v) is 3.67. The summed E-state index contributed by atoms with van der Waals surface area (Å²) in [6.45, 7) is -0.204. The number of rotatable bonds is 7. The van der Waals surface area contributed by atoms with Gasteiger partial charge in [0.25, 0.3) is 0 Å². The van der Waals surface area contributed by atoms with Crippen LogP contribution in [0, 0.1) is 0 Å². The number of phenolic OH excluding ortho intramolecular Hbond substituents is 1. The van der Waals surface area contributed by atoms with Crippen LogP contribution in [0.15, 0.2) is 18.2 Å². The van der Waals surface area contributed by atoms with E-state index in [1.165, 1.54) is 19.1 Å². The molecule has 1 aromatic carbocycles. The molecule has 2 saturated heterocycles. The van der Waals surface area contributed by atoms with Crippen LogP contribution < -0.4 is 4.74 Å². The summed E-state index contributed by atoms with van der Waals surface area (Å²) < 4.78 is 21.7. The molecule has 1 aromatic rings. The van der Waals surface area contributed by atoms with Gasteiger partial charge in [-0.15, -0.1) is 0 Å². The van der Waals surface area contributed by atoms with Crippen LogP contribution in [0.4, 0.5) is 0 Å². The van der Waals surface area contributed by atoms with Crippen molar-refractivity contribution in [3.63, 3.8) is 0 Å². The Morgan fingerprint density at radius 2 is 1.48 bits per heavy atom. The number of carbonyl (C=O) groups excluding carboxylic acids is 1. The molecule has 0 spiro atoms. The lowest BCUT2D eigenvalue weighted by Gasteiger charge is -2.45. The zero-order valence-electron chi connectivity index (χ0n) is 17.5. The third kappa shape index (κ3) is 5.27. The largest absolute Gasteiger partial charge is 0.508 e. The number of hydrogen-bond donors (Lipinski definition) is 8. The number of ketones is 1. The first kappa shape index (κ1) is 25.7. The summed E-state index contributed by atoms with van der Waals surface area (Å²) in [4.78, 5) is 11.9. The Kier molecular flexibility index (Phi) is 8.23. The molecule has 33 heavy (non-hydrogen) atoms. The molecule has 2 aliphatic heterocycles. The van der Waals surface area contributed by atoms with E-state index in [9.17, 15) is 45.6 Å². The maximum absolute atomic E-state index is 11.9. The zero-order chi connectivity index (χ0) is 24.4. The van der Waals surface area contributed by atoms with Crippen molar-refractivity contribution in [2.45, 2.75) is 68.3 Å². The van der Waals surface area contributed by atoms with Crippen molar-refractivity contribution >= 4 is 5.78 Å². The van der Waals surface area contributed by atoms with Crippen molar-refractivity contribution in [1.29, 1.82) is 0 Å². The number of phenols is 1. The molecule has 8 N–H and O–H groups in total. The molecule has 3 rings (SSSR count). The van der Waals surface area contributed by atoms with Crippen LogP contribution >= 0.6 is 0 Å². The van der Waals surface area contributed by atoms with Crippen LogP contribution in [0.5, 0.6) is 11.5 Å². The van der Waals surface area contributed by atoms with Gasteiger partial charge in [0.2, 0.25) is 6.29 Å². The van der Waals surface area contributed by atoms with E-state index in [0.717, 1.165) is 6.07 Å². The molecule has 186 valence electrons. The number of aliphatic hydroxyl groups is 7. The SMILES string of the molecule is CC(=O)c1ccc(O)cc1O[C@@H]1O[C@H](CO)[C@@H](O)[C@H](O[C@@H]2O[C@H](CO)[C@@H](O)[C@H](O)[C@H]2O)[C@H]1O. The molecule has 2 fully saturated rings. The molecule has 0 radical (unpaired) electrons. The second-order valence-electron chi connectivity index (χ2n) is 7.86. The van der Waals surface area contributed by atoms with Crippen molar-refractivity contribution in [1.82, 2.24) is 0 Å². The van der Waals surface area contributed by atoms with Gasteiger partial charge >= 0.3 is 0 Å². The van der Waals surface area contributed by atoms with Crippen molar-refractivity contribution in [2.75, 3.05) is 13.2 Å². The van der Waals surface area contributed by atoms with Gasteiger partial charge in [-0.05, 0) is 19.1 Å². The molecule has 2 heterocycles. The standard InChI is InChI=1S/C20H28O13/c1-7(23)9-3-2-8(24)4-10(9)30-20-17(29)18(14(26)12(6-22)32-20)33-19-16(28)15(27)13(25)11(5-21)31-19/h2-4,11-22,24-29H,5-6H2,1H3/t11-,12-,13-,14-,15+,16-,17-,18+,19+,20-/m1/s1. The number of aromatic hydroxyl groups is 1. The van der Waals surface area contributed by atoms with Crippen LogP contribution in [-0.4, -0.2) is 121 Å². The Labute approximate surface area is 187 Å². The first-order valence-corrected chi connectivity index (χ1v) is 10.2. The van der Waals surface area contributed by atoms with Gasteiger partial charge in [0, 0.05) is 6.07 Å². The quantitative estimate of drug-likeness (QED) is 0.180. The van der Waals surface area contributed by atoms with E-state index in [0.29, 0.717) is 0 Å². The lowest BCUT2D eigenvalue weighted by Crippen LogP contribution is -2.65. The molecule has 13 heteroatoms. The first-order chi connectivity index (χ1) is 15.6. The second kappa shape index (κ2) is 10.6. The predicted molar refractivity (Wildman–Crippen MR) is 105 cm³/mol. The molecular formula is C20H28O13. The van der Waals surface area contributed by atoms with E-state index in [1.807, 2.05) is 0 Å². The van der Waals surface area contributed by atoms with E-state index in [4.69, 9.17) is 18.9 Å². The summed E-state index contributed by atoms with van der Waals surface area (Å²) in [7, 11) is 0. The van der Waals surface area contributed by atoms with E-state index in [1.54, 1.807) is 0 Å². The number of Topliss-reactive ketones (excluding diaryl/α,β-unsaturated/α-hetero) is 1. The highest BCUT2D eigenvalue weighted by atomic mass is 16.7. The minimum absolute atomic E-state index is 0.0571. The summed E-state index contributed by atoms with van der Waals surface area (Å²) in [5.74, 6) is -0.803. The van der Waals surface area contributed by atoms with Crippen LogP contribution in [-0.2, 0) is 14.2 Å². The average molecular weight is 476 g/mol. The molecule has 13 nitrogen and oxygen atoms in total. The van der Waals surface area contributed by atoms with Crippen LogP contribution in [0.1, 0.15) is 17.3 Å². The van der Waals surface area contributed by atoms with Crippen molar-refractivity contribution < 1.29 is 64.6 Å². The second-order valence-corrected chi connectivity index (χ2v) is 7.86. The van der Waals surface area contributed by atoms with Gasteiger partial charge in [0.1, 0.15) is 60.3 Å². The predicted octanol–water partition coefficient (Wildman–Crippen LogP) is -3.40. The van der Waals surface area contributed by atoms with E-state index >= 15 is 0 Å². The van der Waals surface area contributed by atoms with Gasteiger partial charge in [0.05, 0.1) is 18.8 Å². The molecule has 2 aliphatic rings. The van der Waals surface area contributed by atoms with Crippen molar-refractivity contribution in [3.05, 3.63) is 23.8 Å². The Hall–Kier alpha value is -1.91. The average Bonchev–Trinajstić information content (AvgIpc) is 2.78. The Bertz CT molecular complexity index is 817. The van der Waals surface area contributed by atoms with Gasteiger partial charge in [-0.3, -0.25) is 4.79 Å². The molecule has 0 bridgehead atoms. The number of aliphatic hydroxyl groups excluding tert-OH is 7. The highest BCUT2D eigenvalue weighted by molar-refractivity contribution is 5.97. The van der Waals surface area contributed by atoms with Gasteiger partial charge in [-0.25, -0.2) is 0 Å². The Balaban J connectivity index is 1.84. The molecule has 10 atom stereocenters. The maximum Gasteiger partial charge on any atom is 0.229 e. The lowest BCUT2D eigenvalue weighted by atomic mass is 9.97. The zero-order valence-corrected chi connectivity index (χ0v) is 17.5. The van der Waals surface area contributed by atoms with Crippen LogP contribution in [0.25, 0.3) is 0 Å². The van der Waals surface area contributed by atoms with Gasteiger partial charge < -0.3 is 59.8 Å². The normalized spacial score (nSPS) is 39.3. The van der Waals surface area contributed by atoms with E-state index in [2.05, 4.69) is 0 Å². The summed E-state index contributed by atoms with van der Waals surface area (Å²) in [5.41, 5.74) is 0.0571. The van der Waals surface area contributed by atoms with Crippen molar-refractivity contribution in [3.8, 4) is 11.5 Å². The summed E-state index contributed by atoms with van der Waals surface area (Å²) >= 11 is 0. The highest BCUT2D eigenvalue weighted by Gasteiger charge is 2.51. The highest BCUT2D eigenvalue weighted by Crippen LogP contribution is 2.32. The van der Waals surface area contributed by atoms with Crippen LogP contribution in [0.3, 0.4) is 0 Å². The Morgan fingerprint density at radius 1 is 0.879 bits per heavy atom. The molecule has 0 unspecified atom stereocenters. The monoisotopic (exact) mass is 476 g/mol. The Morgan fingerprint density at radius 3 is 2.09 bits per heavy atom. The minimum atomic E-state index is -1.81. The number of benzene rings is 1. The number of ether oxygens (including phenoxy) is 4. The first-order valence-electron chi connectivity index (χ1n) is 10.2. The van der Waals surface area contributed by atoms with E-state index < -0.39 is 80.4 Å². The van der Waals surface area contributed by atoms with Crippen LogP contribution in [0.2, 0.25) is 0 Å². The number of carbonyl (C=O) groups is 1. The minimum Gasteiger partial charge on any atom is -0.508 e. The molecule has 0 aliphatic carbocycles. The number of hydrogen-bond acceptors (Lipinski definition) is 13. The smallest absolute Gasteiger partial charge is 0.229 e. The molecular weight excluding hydrogens is 448 g/mol. The lowest BCUT2D eigenvalue weighted by molar-refractivity contribution is -0.352. The molecule has 0 saturated carbocycles. The van der Waals surface area contributed by atoms with Gasteiger partial charge in [0.15, 0.2) is 12.1 Å². The fraction of sp³-hybridized carbons (Fsp3) is 0.650. The summed E-state index contributed by atoms with van der Waals surface area (Å²) in [5, 5.41) is 80.0. The topological polar surface area (TPSA) is 216 Å². The fourth-order valence-electron chi connectivity index (χ4n) is 3.67.